The molecule has 1 atom stereocenters. The predicted octanol–water partition coefficient (Wildman–Crippen LogP) is 1.06. The number of alkyl halides is 1. The third-order valence-corrected chi connectivity index (χ3v) is 1.07. The summed E-state index contributed by atoms with van der Waals surface area (Å²) in [6.07, 6.45) is 0.721. The van der Waals surface area contributed by atoms with E-state index in [1.807, 2.05) is 0 Å². The second-order valence-corrected chi connectivity index (χ2v) is 1.92. The van der Waals surface area contributed by atoms with E-state index in [4.69, 9.17) is 11.6 Å². The van der Waals surface area contributed by atoms with Crippen molar-refractivity contribution in [3.63, 3.8) is 0 Å². The first kappa shape index (κ1) is 6.42. The van der Waals surface area contributed by atoms with Gasteiger partial charge < -0.3 is 0 Å². The van der Waals surface area contributed by atoms with Crippen molar-refractivity contribution < 1.29 is 9.18 Å². The summed E-state index contributed by atoms with van der Waals surface area (Å²) in [5, 5.41) is 0.0360. The quantitative estimate of drug-likeness (QED) is 0.504. The first-order valence-corrected chi connectivity index (χ1v) is 2.68. The van der Waals surface area contributed by atoms with Gasteiger partial charge in [-0.25, -0.2) is 4.39 Å². The maximum atomic E-state index is 12.1. The van der Waals surface area contributed by atoms with E-state index in [0.29, 0.717) is 0 Å². The summed E-state index contributed by atoms with van der Waals surface area (Å²) in [7, 11) is 0. The van der Waals surface area contributed by atoms with E-state index in [9.17, 15) is 9.18 Å². The highest BCUT2D eigenvalue weighted by Crippen LogP contribution is 2.05. The van der Waals surface area contributed by atoms with E-state index in [0.717, 1.165) is 6.08 Å². The molecule has 0 radical (unpaired) electrons. The molecule has 9 heavy (non-hydrogen) atoms. The number of halogens is 2. The van der Waals surface area contributed by atoms with Crippen LogP contribution in [0.2, 0.25) is 0 Å². The number of carbonyl (C=O) groups excluding carboxylic acids is 1. The molecule has 0 aromatic carbocycles. The maximum Gasteiger partial charge on any atom is 0.285 e. The number of hydrogen-bond acceptors (Lipinski definition) is 1. The zero-order valence-corrected chi connectivity index (χ0v) is 5.10. The van der Waals surface area contributed by atoms with Gasteiger partial charge in [0.25, 0.3) is 5.91 Å². The molecule has 2 nitrogen and oxygen atoms in total. The SMILES string of the molecule is O=C1N=C(Cl)C=CC1F. The van der Waals surface area contributed by atoms with E-state index in [-0.39, 0.29) is 5.17 Å². The Morgan fingerprint density at radius 3 is 2.89 bits per heavy atom. The van der Waals surface area contributed by atoms with Crippen molar-refractivity contribution in [2.75, 3.05) is 0 Å². The summed E-state index contributed by atoms with van der Waals surface area (Å²) < 4.78 is 12.1. The molecular formula is C5H3ClFNO. The lowest BCUT2D eigenvalue weighted by atomic mass is 10.3. The number of hydrogen-bond donors (Lipinski definition) is 0. The molecule has 0 fully saturated rings. The highest BCUT2D eigenvalue weighted by Gasteiger charge is 2.16. The second kappa shape index (κ2) is 2.27. The molecule has 1 aliphatic rings. The molecule has 0 bridgehead atoms. The Hall–Kier alpha value is -0.700. The molecule has 0 saturated carbocycles. The van der Waals surface area contributed by atoms with E-state index in [1.54, 1.807) is 0 Å². The van der Waals surface area contributed by atoms with Crippen LogP contribution in [0.25, 0.3) is 0 Å². The molecular weight excluding hydrogens is 145 g/mol. The molecule has 1 heterocycles. The van der Waals surface area contributed by atoms with E-state index < -0.39 is 12.1 Å². The number of amides is 1. The van der Waals surface area contributed by atoms with Gasteiger partial charge in [0.05, 0.1) is 0 Å². The second-order valence-electron chi connectivity index (χ2n) is 1.53. The van der Waals surface area contributed by atoms with Crippen LogP contribution in [0, 0.1) is 0 Å². The van der Waals surface area contributed by atoms with Gasteiger partial charge in [-0.3, -0.25) is 4.79 Å². The van der Waals surface area contributed by atoms with Crippen LogP contribution in [-0.4, -0.2) is 17.2 Å². The molecule has 0 spiro atoms. The van der Waals surface area contributed by atoms with Crippen molar-refractivity contribution in [1.82, 2.24) is 0 Å². The highest BCUT2D eigenvalue weighted by molar-refractivity contribution is 6.69. The summed E-state index contributed by atoms with van der Waals surface area (Å²) in [5.41, 5.74) is 0. The van der Waals surface area contributed by atoms with Crippen LogP contribution in [0.4, 0.5) is 4.39 Å². The van der Waals surface area contributed by atoms with Gasteiger partial charge in [0, 0.05) is 0 Å². The van der Waals surface area contributed by atoms with Crippen molar-refractivity contribution in [3.8, 4) is 0 Å². The zero-order chi connectivity index (χ0) is 6.85. The predicted molar refractivity (Wildman–Crippen MR) is 32.3 cm³/mol. The van der Waals surface area contributed by atoms with E-state index in [2.05, 4.69) is 4.99 Å². The Labute approximate surface area is 56.0 Å². The average Bonchev–Trinajstić information content (AvgIpc) is 1.80. The summed E-state index contributed by atoms with van der Waals surface area (Å²) >= 11 is 5.25. The Bertz CT molecular complexity index is 199. The third-order valence-electron chi connectivity index (χ3n) is 0.856. The largest absolute Gasteiger partial charge is 0.285 e. The monoisotopic (exact) mass is 147 g/mol. The minimum atomic E-state index is -1.60. The van der Waals surface area contributed by atoms with Crippen molar-refractivity contribution >= 4 is 22.7 Å². The molecule has 0 saturated heterocycles. The molecule has 48 valence electrons. The Morgan fingerprint density at radius 1 is 1.78 bits per heavy atom. The molecule has 4 heteroatoms. The van der Waals surface area contributed by atoms with Gasteiger partial charge in [-0.1, -0.05) is 11.6 Å². The summed E-state index contributed by atoms with van der Waals surface area (Å²) in [6.45, 7) is 0. The summed E-state index contributed by atoms with van der Waals surface area (Å²) in [4.78, 5) is 13.5. The molecule has 0 aromatic heterocycles. The Kier molecular flexibility index (Phi) is 1.62. The van der Waals surface area contributed by atoms with Crippen LogP contribution in [0.3, 0.4) is 0 Å². The molecule has 0 aromatic rings. The van der Waals surface area contributed by atoms with Crippen LogP contribution in [-0.2, 0) is 4.79 Å². The van der Waals surface area contributed by atoms with Gasteiger partial charge in [-0.05, 0) is 12.2 Å². The van der Waals surface area contributed by atoms with Gasteiger partial charge in [-0.2, -0.15) is 4.99 Å². The first-order valence-electron chi connectivity index (χ1n) is 2.30. The number of allylic oxidation sites excluding steroid dienone is 1. The fourth-order valence-corrected chi connectivity index (χ4v) is 0.606. The summed E-state index contributed by atoms with van der Waals surface area (Å²) in [6, 6.07) is 0. The molecule has 1 rings (SSSR count). The normalized spacial score (nSPS) is 26.2. The van der Waals surface area contributed by atoms with E-state index >= 15 is 0 Å². The highest BCUT2D eigenvalue weighted by atomic mass is 35.5. The lowest BCUT2D eigenvalue weighted by Crippen LogP contribution is -2.14. The van der Waals surface area contributed by atoms with Gasteiger partial charge in [0.15, 0.2) is 6.17 Å². The molecule has 1 unspecified atom stereocenters. The van der Waals surface area contributed by atoms with Gasteiger partial charge >= 0.3 is 0 Å². The zero-order valence-electron chi connectivity index (χ0n) is 4.34. The van der Waals surface area contributed by atoms with Crippen molar-refractivity contribution in [3.05, 3.63) is 12.2 Å². The van der Waals surface area contributed by atoms with Crippen molar-refractivity contribution in [2.45, 2.75) is 6.17 Å². The molecule has 1 amide bonds. The standard InChI is InChI=1S/C5H3ClFNO/c6-4-2-1-3(7)5(9)8-4/h1-3H. The fraction of sp³-hybridized carbons (Fsp3) is 0.200. The smallest absolute Gasteiger partial charge is 0.269 e. The Morgan fingerprint density at radius 2 is 2.44 bits per heavy atom. The summed E-state index contributed by atoms with van der Waals surface area (Å²) in [5.74, 6) is -0.831. The van der Waals surface area contributed by atoms with E-state index in [1.165, 1.54) is 6.08 Å². The van der Waals surface area contributed by atoms with Gasteiger partial charge in [0.2, 0.25) is 0 Å². The number of rotatable bonds is 0. The molecule has 0 N–H and O–H groups in total. The number of nitrogens with zero attached hydrogens (tertiary/aromatic N) is 1. The van der Waals surface area contributed by atoms with Crippen molar-refractivity contribution in [1.29, 1.82) is 0 Å². The fourth-order valence-electron chi connectivity index (χ4n) is 0.450. The topological polar surface area (TPSA) is 29.4 Å². The minimum absolute atomic E-state index is 0.0360. The minimum Gasteiger partial charge on any atom is -0.269 e. The van der Waals surface area contributed by atoms with Crippen LogP contribution >= 0.6 is 11.6 Å². The lowest BCUT2D eigenvalue weighted by molar-refractivity contribution is -0.121. The first-order chi connectivity index (χ1) is 4.20. The van der Waals surface area contributed by atoms with Crippen LogP contribution < -0.4 is 0 Å². The Balaban J connectivity index is 2.82. The third kappa shape index (κ3) is 1.36. The molecule has 1 aliphatic heterocycles. The van der Waals surface area contributed by atoms with Gasteiger partial charge in [-0.15, -0.1) is 0 Å². The molecule has 0 aliphatic carbocycles. The number of carbonyl (C=O) groups is 1. The average molecular weight is 148 g/mol. The maximum absolute atomic E-state index is 12.1. The number of dihydropyridines is 1. The van der Waals surface area contributed by atoms with Crippen LogP contribution in [0.15, 0.2) is 17.1 Å². The van der Waals surface area contributed by atoms with Crippen molar-refractivity contribution in [2.24, 2.45) is 4.99 Å². The number of aliphatic imine (C=N–C) groups is 1. The van der Waals surface area contributed by atoms with Crippen LogP contribution in [0.5, 0.6) is 0 Å². The van der Waals surface area contributed by atoms with Gasteiger partial charge in [0.1, 0.15) is 5.17 Å². The lowest BCUT2D eigenvalue weighted by Gasteiger charge is -2.00. The van der Waals surface area contributed by atoms with Crippen LogP contribution in [0.1, 0.15) is 0 Å².